The molecule has 0 amide bonds. The fourth-order valence-electron chi connectivity index (χ4n) is 5.11. The van der Waals surface area contributed by atoms with Crippen LogP contribution in [0.25, 0.3) is 0 Å². The highest BCUT2D eigenvalue weighted by molar-refractivity contribution is 5.23. The molecule has 0 unspecified atom stereocenters. The molecule has 1 aromatic rings. The summed E-state index contributed by atoms with van der Waals surface area (Å²) in [5.74, 6) is -4.85. The Morgan fingerprint density at radius 3 is 1.73 bits per heavy atom. The van der Waals surface area contributed by atoms with Crippen LogP contribution in [0.15, 0.2) is 12.1 Å². The van der Waals surface area contributed by atoms with Gasteiger partial charge in [0.1, 0.15) is 0 Å². The molecule has 0 aliphatic heterocycles. The Bertz CT molecular complexity index is 582. The summed E-state index contributed by atoms with van der Waals surface area (Å²) < 4.78 is 66.4. The zero-order chi connectivity index (χ0) is 18.9. The third-order valence-corrected chi connectivity index (χ3v) is 6.45. The summed E-state index contributed by atoms with van der Waals surface area (Å²) in [5, 5.41) is 0. The summed E-state index contributed by atoms with van der Waals surface area (Å²) in [4.78, 5) is 0. The number of hydrogen-bond donors (Lipinski definition) is 0. The van der Waals surface area contributed by atoms with Gasteiger partial charge >= 0.3 is 0 Å². The first kappa shape index (κ1) is 19.6. The lowest BCUT2D eigenvalue weighted by Gasteiger charge is -2.38. The minimum atomic E-state index is -2.57. The number of benzene rings is 1. The SMILES string of the molecule is CC(F)(F)CC1CCC(C2CCC(c3cc(F)c(F)c(F)c3)CC2)CC1. The van der Waals surface area contributed by atoms with Crippen molar-refractivity contribution in [3.8, 4) is 0 Å². The van der Waals surface area contributed by atoms with E-state index in [1.807, 2.05) is 0 Å². The summed E-state index contributed by atoms with van der Waals surface area (Å²) in [6.07, 6.45) is 7.45. The molecule has 0 aromatic heterocycles. The van der Waals surface area contributed by atoms with Crippen LogP contribution >= 0.6 is 0 Å². The molecule has 0 atom stereocenters. The third-order valence-electron chi connectivity index (χ3n) is 6.45. The molecule has 2 aliphatic carbocycles. The Balaban J connectivity index is 1.50. The minimum Gasteiger partial charge on any atom is -0.207 e. The topological polar surface area (TPSA) is 0 Å². The highest BCUT2D eigenvalue weighted by atomic mass is 19.3. The number of rotatable bonds is 4. The lowest BCUT2D eigenvalue weighted by molar-refractivity contribution is -0.0130. The first-order valence-electron chi connectivity index (χ1n) is 9.75. The molecule has 0 N–H and O–H groups in total. The van der Waals surface area contributed by atoms with E-state index >= 15 is 0 Å². The number of halogens is 5. The maximum atomic E-state index is 13.4. The molecule has 2 fully saturated rings. The Morgan fingerprint density at radius 2 is 1.27 bits per heavy atom. The maximum absolute atomic E-state index is 13.4. The highest BCUT2D eigenvalue weighted by Gasteiger charge is 2.34. The monoisotopic (exact) mass is 374 g/mol. The van der Waals surface area contributed by atoms with Crippen LogP contribution in [-0.4, -0.2) is 5.92 Å². The van der Waals surface area contributed by atoms with E-state index in [0.717, 1.165) is 70.4 Å². The Morgan fingerprint density at radius 1 is 0.808 bits per heavy atom. The van der Waals surface area contributed by atoms with Gasteiger partial charge in [-0.1, -0.05) is 0 Å². The van der Waals surface area contributed by atoms with Crippen LogP contribution in [0, 0.1) is 35.2 Å². The molecule has 0 saturated heterocycles. The predicted molar refractivity (Wildman–Crippen MR) is 91.7 cm³/mol. The average Bonchev–Trinajstić information content (AvgIpc) is 2.59. The third kappa shape index (κ3) is 4.77. The van der Waals surface area contributed by atoms with Crippen LogP contribution in [0.3, 0.4) is 0 Å². The highest BCUT2D eigenvalue weighted by Crippen LogP contribution is 2.45. The molecule has 0 spiro atoms. The van der Waals surface area contributed by atoms with Gasteiger partial charge in [-0.05, 0) is 99.7 Å². The van der Waals surface area contributed by atoms with Crippen LogP contribution in [-0.2, 0) is 0 Å². The van der Waals surface area contributed by atoms with Gasteiger partial charge in [0.05, 0.1) is 0 Å². The van der Waals surface area contributed by atoms with Crippen LogP contribution < -0.4 is 0 Å². The van der Waals surface area contributed by atoms with Gasteiger partial charge in [-0.2, -0.15) is 0 Å². The molecule has 0 heterocycles. The van der Waals surface area contributed by atoms with E-state index in [1.54, 1.807) is 0 Å². The van der Waals surface area contributed by atoms with Crippen molar-refractivity contribution in [3.05, 3.63) is 35.1 Å². The Hall–Kier alpha value is -1.13. The molecule has 0 bridgehead atoms. The second-order valence-corrected chi connectivity index (χ2v) is 8.47. The van der Waals surface area contributed by atoms with Crippen molar-refractivity contribution in [2.75, 3.05) is 0 Å². The zero-order valence-electron chi connectivity index (χ0n) is 15.2. The molecule has 0 radical (unpaired) electrons. The standard InChI is InChI=1S/C21H27F5/c1-21(25,26)12-13-2-4-14(5-3-13)15-6-8-16(9-7-15)17-10-18(22)20(24)19(23)11-17/h10-11,13-16H,2-9,12H2,1H3. The van der Waals surface area contributed by atoms with Crippen LogP contribution in [0.5, 0.6) is 0 Å². The van der Waals surface area contributed by atoms with Crippen LogP contribution in [0.2, 0.25) is 0 Å². The van der Waals surface area contributed by atoms with E-state index in [-0.39, 0.29) is 18.3 Å². The summed E-state index contributed by atoms with van der Waals surface area (Å²) >= 11 is 0. The van der Waals surface area contributed by atoms with Gasteiger partial charge in [0.15, 0.2) is 17.5 Å². The molecule has 26 heavy (non-hydrogen) atoms. The van der Waals surface area contributed by atoms with Gasteiger partial charge in [0.25, 0.3) is 0 Å². The molecular formula is C21H27F5. The number of alkyl halides is 2. The van der Waals surface area contributed by atoms with E-state index in [1.165, 1.54) is 0 Å². The van der Waals surface area contributed by atoms with Crippen molar-refractivity contribution in [1.82, 2.24) is 0 Å². The van der Waals surface area contributed by atoms with Gasteiger partial charge < -0.3 is 0 Å². The fraction of sp³-hybridized carbons (Fsp3) is 0.714. The van der Waals surface area contributed by atoms with Crippen molar-refractivity contribution < 1.29 is 22.0 Å². The minimum absolute atomic E-state index is 0.00580. The molecule has 2 aliphatic rings. The van der Waals surface area contributed by atoms with Crippen molar-refractivity contribution in [2.24, 2.45) is 17.8 Å². The zero-order valence-corrected chi connectivity index (χ0v) is 15.2. The summed E-state index contributed by atoms with van der Waals surface area (Å²) in [7, 11) is 0. The quantitative estimate of drug-likeness (QED) is 0.385. The fourth-order valence-corrected chi connectivity index (χ4v) is 5.11. The second-order valence-electron chi connectivity index (χ2n) is 8.47. The molecule has 5 heteroatoms. The summed E-state index contributed by atoms with van der Waals surface area (Å²) in [6.45, 7) is 1.00. The van der Waals surface area contributed by atoms with Crippen molar-refractivity contribution in [3.63, 3.8) is 0 Å². The Kier molecular flexibility index (Phi) is 5.93. The van der Waals surface area contributed by atoms with Gasteiger partial charge in [-0.3, -0.25) is 0 Å². The van der Waals surface area contributed by atoms with Gasteiger partial charge in [0, 0.05) is 6.42 Å². The van der Waals surface area contributed by atoms with E-state index < -0.39 is 23.4 Å². The van der Waals surface area contributed by atoms with Gasteiger partial charge in [-0.15, -0.1) is 0 Å². The van der Waals surface area contributed by atoms with Crippen molar-refractivity contribution in [1.29, 1.82) is 0 Å². The van der Waals surface area contributed by atoms with E-state index in [0.29, 0.717) is 17.4 Å². The van der Waals surface area contributed by atoms with Crippen LogP contribution in [0.4, 0.5) is 22.0 Å². The van der Waals surface area contributed by atoms with Crippen molar-refractivity contribution >= 4 is 0 Å². The molecular weight excluding hydrogens is 347 g/mol. The summed E-state index contributed by atoms with van der Waals surface area (Å²) in [6, 6.07) is 2.25. The van der Waals surface area contributed by atoms with Gasteiger partial charge in [-0.25, -0.2) is 22.0 Å². The molecule has 1 aromatic carbocycles. The predicted octanol–water partition coefficient (Wildman–Crippen LogP) is 7.23. The lowest BCUT2D eigenvalue weighted by atomic mass is 9.68. The van der Waals surface area contributed by atoms with E-state index in [4.69, 9.17) is 0 Å². The second kappa shape index (κ2) is 7.85. The van der Waals surface area contributed by atoms with Crippen molar-refractivity contribution in [2.45, 2.75) is 76.6 Å². The van der Waals surface area contributed by atoms with E-state index in [2.05, 4.69) is 0 Å². The van der Waals surface area contributed by atoms with E-state index in [9.17, 15) is 22.0 Å². The smallest absolute Gasteiger partial charge is 0.207 e. The molecule has 0 nitrogen and oxygen atoms in total. The molecule has 2 saturated carbocycles. The first-order chi connectivity index (χ1) is 12.2. The van der Waals surface area contributed by atoms with Crippen LogP contribution in [0.1, 0.15) is 76.2 Å². The number of hydrogen-bond acceptors (Lipinski definition) is 0. The largest absolute Gasteiger partial charge is 0.245 e. The van der Waals surface area contributed by atoms with Gasteiger partial charge in [0.2, 0.25) is 5.92 Å². The molecule has 3 rings (SSSR count). The summed E-state index contributed by atoms with van der Waals surface area (Å²) in [5.41, 5.74) is 0.550. The molecule has 146 valence electrons. The lowest BCUT2D eigenvalue weighted by Crippen LogP contribution is -2.27. The average molecular weight is 374 g/mol. The maximum Gasteiger partial charge on any atom is 0.245 e. The normalized spacial score (nSPS) is 30.4. The first-order valence-corrected chi connectivity index (χ1v) is 9.75. The Labute approximate surface area is 152 Å².